The smallest absolute Gasteiger partial charge is 0.407 e. The number of carbonyl (C=O) groups excluding carboxylic acids is 5. The number of primary amides is 1. The Balaban J connectivity index is 1.63. The fraction of sp³-hybridized carbons (Fsp3) is 0.577. The Labute approximate surface area is 227 Å². The van der Waals surface area contributed by atoms with E-state index >= 15 is 0 Å². The highest BCUT2D eigenvalue weighted by atomic mass is 16.6. The summed E-state index contributed by atoms with van der Waals surface area (Å²) in [6.45, 7) is 8.15. The highest BCUT2D eigenvalue weighted by Crippen LogP contribution is 2.31. The predicted octanol–water partition coefficient (Wildman–Crippen LogP) is 1.10. The molecule has 0 saturated heterocycles. The Kier molecular flexibility index (Phi) is 12.8. The number of benzene rings is 1. The van der Waals surface area contributed by atoms with Gasteiger partial charge in [-0.2, -0.15) is 0 Å². The van der Waals surface area contributed by atoms with Crippen molar-refractivity contribution in [2.45, 2.75) is 45.3 Å². The summed E-state index contributed by atoms with van der Waals surface area (Å²) < 4.78 is 21.4. The molecule has 4 amide bonds. The molecule has 0 aliphatic carbocycles. The van der Waals surface area contributed by atoms with E-state index in [4.69, 9.17) is 24.7 Å². The lowest BCUT2D eigenvalue weighted by Gasteiger charge is -2.22. The van der Waals surface area contributed by atoms with Crippen molar-refractivity contribution in [1.82, 2.24) is 10.2 Å². The van der Waals surface area contributed by atoms with Crippen LogP contribution in [0.25, 0.3) is 0 Å². The molecule has 0 radical (unpaired) electrons. The molecule has 4 N–H and O–H groups in total. The van der Waals surface area contributed by atoms with E-state index in [1.165, 1.54) is 6.07 Å². The summed E-state index contributed by atoms with van der Waals surface area (Å²) >= 11 is 0. The van der Waals surface area contributed by atoms with Gasteiger partial charge in [-0.05, 0) is 39.3 Å². The predicted molar refractivity (Wildman–Crippen MR) is 140 cm³/mol. The maximum Gasteiger partial charge on any atom is 0.407 e. The molecule has 1 aliphatic heterocycles. The van der Waals surface area contributed by atoms with Crippen LogP contribution in [-0.4, -0.2) is 99.4 Å². The zero-order chi connectivity index (χ0) is 28.8. The van der Waals surface area contributed by atoms with Crippen LogP contribution in [0, 0.1) is 0 Å². The quantitative estimate of drug-likeness (QED) is 0.136. The lowest BCUT2D eigenvalue weighted by molar-refractivity contribution is -0.122. The normalized spacial score (nSPS) is 13.7. The molecule has 39 heavy (non-hydrogen) atoms. The Hall–Kier alpha value is -3.55. The number of alkyl carbamates (subject to hydrolysis) is 1. The van der Waals surface area contributed by atoms with E-state index in [0.29, 0.717) is 64.7 Å². The molecule has 0 aromatic heterocycles. The van der Waals surface area contributed by atoms with Gasteiger partial charge in [0, 0.05) is 25.2 Å². The topological polar surface area (TPSA) is 176 Å². The van der Waals surface area contributed by atoms with Gasteiger partial charge in [0.05, 0.1) is 50.8 Å². The van der Waals surface area contributed by atoms with Crippen LogP contribution in [0.15, 0.2) is 18.2 Å². The second kappa shape index (κ2) is 15.8. The van der Waals surface area contributed by atoms with Crippen LogP contribution in [0.5, 0.6) is 0 Å². The third-order valence-corrected chi connectivity index (χ3v) is 5.36. The molecule has 2 rings (SSSR count). The van der Waals surface area contributed by atoms with E-state index in [0.717, 1.165) is 4.90 Å². The molecule has 1 aliphatic rings. The van der Waals surface area contributed by atoms with Gasteiger partial charge in [-0.25, -0.2) is 4.79 Å². The SMILES string of the molecule is CC(C)(C)OC(=O)NCCOCCOCCOCCNc1cccc2c1C(=O)N(C(CCC=O)C(N)=O)C2=O. The largest absolute Gasteiger partial charge is 0.444 e. The molecular weight excluding hydrogens is 512 g/mol. The van der Waals surface area contributed by atoms with Crippen molar-refractivity contribution in [1.29, 1.82) is 0 Å². The minimum atomic E-state index is -1.20. The van der Waals surface area contributed by atoms with Gasteiger partial charge in [0.25, 0.3) is 11.8 Å². The molecule has 1 unspecified atom stereocenters. The summed E-state index contributed by atoms with van der Waals surface area (Å²) in [4.78, 5) is 60.8. The van der Waals surface area contributed by atoms with Crippen LogP contribution < -0.4 is 16.4 Å². The molecule has 0 spiro atoms. The van der Waals surface area contributed by atoms with Gasteiger partial charge in [-0.3, -0.25) is 19.3 Å². The van der Waals surface area contributed by atoms with Gasteiger partial charge in [0.1, 0.15) is 17.9 Å². The Morgan fingerprint density at radius 2 is 1.59 bits per heavy atom. The second-order valence-electron chi connectivity index (χ2n) is 9.56. The monoisotopic (exact) mass is 550 g/mol. The Morgan fingerprint density at radius 3 is 2.18 bits per heavy atom. The van der Waals surface area contributed by atoms with E-state index in [2.05, 4.69) is 10.6 Å². The highest BCUT2D eigenvalue weighted by molar-refractivity contribution is 6.25. The van der Waals surface area contributed by atoms with E-state index in [1.54, 1.807) is 32.9 Å². The van der Waals surface area contributed by atoms with Gasteiger partial charge in [-0.1, -0.05) is 6.07 Å². The first-order valence-corrected chi connectivity index (χ1v) is 12.7. The van der Waals surface area contributed by atoms with E-state index in [1.807, 2.05) is 0 Å². The summed E-state index contributed by atoms with van der Waals surface area (Å²) in [5, 5.41) is 5.68. The van der Waals surface area contributed by atoms with E-state index < -0.39 is 35.5 Å². The molecule has 13 nitrogen and oxygen atoms in total. The van der Waals surface area contributed by atoms with Crippen molar-refractivity contribution < 1.29 is 42.9 Å². The number of anilines is 1. The molecule has 1 atom stereocenters. The zero-order valence-electron chi connectivity index (χ0n) is 22.7. The maximum atomic E-state index is 13.0. The van der Waals surface area contributed by atoms with Gasteiger partial charge in [0.2, 0.25) is 5.91 Å². The number of carbonyl (C=O) groups is 5. The summed E-state index contributed by atoms with van der Waals surface area (Å²) in [6, 6.07) is 3.60. The Bertz CT molecular complexity index is 1010. The number of rotatable bonds is 18. The fourth-order valence-corrected chi connectivity index (χ4v) is 3.70. The van der Waals surface area contributed by atoms with Crippen LogP contribution in [0.4, 0.5) is 10.5 Å². The van der Waals surface area contributed by atoms with Crippen molar-refractivity contribution >= 4 is 35.8 Å². The van der Waals surface area contributed by atoms with Crippen LogP contribution in [0.3, 0.4) is 0 Å². The summed E-state index contributed by atoms with van der Waals surface area (Å²) in [6.07, 6.45) is 0.0819. The molecule has 1 aromatic carbocycles. The number of ether oxygens (including phenoxy) is 4. The minimum Gasteiger partial charge on any atom is -0.444 e. The first kappa shape index (κ1) is 31.7. The molecular formula is C26H38N4O9. The van der Waals surface area contributed by atoms with Gasteiger partial charge in [0.15, 0.2) is 0 Å². The van der Waals surface area contributed by atoms with Crippen molar-refractivity contribution in [3.63, 3.8) is 0 Å². The number of aldehydes is 1. The molecule has 0 bridgehead atoms. The first-order valence-electron chi connectivity index (χ1n) is 12.7. The number of nitrogens with one attached hydrogen (secondary N) is 2. The molecule has 0 fully saturated rings. The number of imide groups is 1. The molecule has 13 heteroatoms. The van der Waals surface area contributed by atoms with E-state index in [-0.39, 0.29) is 24.0 Å². The number of nitrogens with two attached hydrogens (primary N) is 1. The van der Waals surface area contributed by atoms with Gasteiger partial charge < -0.3 is 40.1 Å². The Morgan fingerprint density at radius 1 is 0.974 bits per heavy atom. The van der Waals surface area contributed by atoms with Crippen LogP contribution in [0.1, 0.15) is 54.3 Å². The van der Waals surface area contributed by atoms with Crippen LogP contribution >= 0.6 is 0 Å². The van der Waals surface area contributed by atoms with Crippen molar-refractivity contribution in [3.05, 3.63) is 29.3 Å². The number of hydrogen-bond donors (Lipinski definition) is 3. The molecule has 1 heterocycles. The third kappa shape index (κ3) is 10.3. The fourth-order valence-electron chi connectivity index (χ4n) is 3.70. The summed E-state index contributed by atoms with van der Waals surface area (Å²) in [5.41, 5.74) is 5.61. The highest BCUT2D eigenvalue weighted by Gasteiger charge is 2.43. The third-order valence-electron chi connectivity index (χ3n) is 5.36. The second-order valence-corrected chi connectivity index (χ2v) is 9.56. The standard InChI is InChI=1S/C26H38N4O9/c1-26(2,3)39-25(35)29-10-13-37-15-17-38-16-14-36-12-9-28-19-7-4-6-18-21(19)24(34)30(23(18)33)20(22(27)32)8-5-11-31/h4,6-7,11,20,28H,5,8-10,12-17H2,1-3H3,(H2,27,32)(H,29,35). The number of hydrogen-bond acceptors (Lipinski definition) is 10. The molecule has 1 aromatic rings. The van der Waals surface area contributed by atoms with Crippen molar-refractivity contribution in [2.75, 3.05) is 58.0 Å². The first-order chi connectivity index (χ1) is 18.6. The van der Waals surface area contributed by atoms with Crippen LogP contribution in [0.2, 0.25) is 0 Å². The number of nitrogens with zero attached hydrogens (tertiary/aromatic N) is 1. The average Bonchev–Trinajstić information content (AvgIpc) is 3.11. The average molecular weight is 551 g/mol. The number of fused-ring (bicyclic) bond motifs is 1. The number of amides is 4. The lowest BCUT2D eigenvalue weighted by Crippen LogP contribution is -2.47. The van der Waals surface area contributed by atoms with Crippen molar-refractivity contribution in [2.24, 2.45) is 5.73 Å². The van der Waals surface area contributed by atoms with Crippen molar-refractivity contribution in [3.8, 4) is 0 Å². The summed E-state index contributed by atoms with van der Waals surface area (Å²) in [7, 11) is 0. The minimum absolute atomic E-state index is 0.00642. The summed E-state index contributed by atoms with van der Waals surface area (Å²) in [5.74, 6) is -2.10. The molecule has 0 saturated carbocycles. The van der Waals surface area contributed by atoms with Crippen LogP contribution in [-0.2, 0) is 28.5 Å². The maximum absolute atomic E-state index is 13.0. The van der Waals surface area contributed by atoms with E-state index in [9.17, 15) is 24.0 Å². The lowest BCUT2D eigenvalue weighted by atomic mass is 10.1. The van der Waals surface area contributed by atoms with Gasteiger partial charge in [-0.15, -0.1) is 0 Å². The zero-order valence-corrected chi connectivity index (χ0v) is 22.7. The van der Waals surface area contributed by atoms with Gasteiger partial charge >= 0.3 is 6.09 Å². The molecule has 216 valence electrons.